The first-order chi connectivity index (χ1) is 12.1. The maximum absolute atomic E-state index is 12.5. The minimum atomic E-state index is -0.282. The molecule has 0 amide bonds. The molecular weight excluding hydrogens is 334 g/mol. The van der Waals surface area contributed by atoms with Crippen molar-refractivity contribution >= 4 is 17.5 Å². The molecule has 0 aliphatic heterocycles. The zero-order valence-electron chi connectivity index (χ0n) is 14.3. The summed E-state index contributed by atoms with van der Waals surface area (Å²) < 4.78 is 5.12. The highest BCUT2D eigenvalue weighted by molar-refractivity contribution is 8.00. The minimum Gasteiger partial charge on any atom is -0.497 e. The Labute approximate surface area is 150 Å². The van der Waals surface area contributed by atoms with Crippen molar-refractivity contribution in [3.63, 3.8) is 0 Å². The standard InChI is InChI=1S/C19H19N3O2S/c1-12-4-6-15(7-5-12)18-20-19(22-21-18)25-13(2)17(23)14-8-10-16(24-3)11-9-14/h4-11,13H,1-3H3,(H,20,21,22)/t13-/m0/s1. The Morgan fingerprint density at radius 1 is 1.12 bits per heavy atom. The van der Waals surface area contributed by atoms with E-state index in [0.29, 0.717) is 16.5 Å². The highest BCUT2D eigenvalue weighted by Gasteiger charge is 2.19. The van der Waals surface area contributed by atoms with Gasteiger partial charge in [-0.3, -0.25) is 9.89 Å². The number of hydrogen-bond donors (Lipinski definition) is 1. The lowest BCUT2D eigenvalue weighted by Crippen LogP contribution is -2.13. The van der Waals surface area contributed by atoms with E-state index in [-0.39, 0.29) is 11.0 Å². The third-order valence-electron chi connectivity index (χ3n) is 3.82. The van der Waals surface area contributed by atoms with Gasteiger partial charge >= 0.3 is 0 Å². The average molecular weight is 353 g/mol. The van der Waals surface area contributed by atoms with E-state index in [0.717, 1.165) is 11.3 Å². The van der Waals surface area contributed by atoms with Gasteiger partial charge in [-0.2, -0.15) is 0 Å². The van der Waals surface area contributed by atoms with E-state index in [1.807, 2.05) is 38.1 Å². The second-order valence-corrected chi connectivity index (χ2v) is 6.99. The van der Waals surface area contributed by atoms with E-state index in [4.69, 9.17) is 4.74 Å². The summed E-state index contributed by atoms with van der Waals surface area (Å²) in [4.78, 5) is 17.0. The van der Waals surface area contributed by atoms with Crippen LogP contribution in [0, 0.1) is 6.92 Å². The smallest absolute Gasteiger partial charge is 0.209 e. The van der Waals surface area contributed by atoms with Crippen LogP contribution in [0.25, 0.3) is 11.4 Å². The van der Waals surface area contributed by atoms with Crippen molar-refractivity contribution < 1.29 is 9.53 Å². The first-order valence-corrected chi connectivity index (χ1v) is 8.79. The first-order valence-electron chi connectivity index (χ1n) is 7.91. The Morgan fingerprint density at radius 3 is 2.44 bits per heavy atom. The fourth-order valence-corrected chi connectivity index (χ4v) is 3.14. The van der Waals surface area contributed by atoms with Crippen LogP contribution in [0.4, 0.5) is 0 Å². The van der Waals surface area contributed by atoms with Crippen molar-refractivity contribution in [1.29, 1.82) is 0 Å². The Kier molecular flexibility index (Phi) is 5.19. The number of carbonyl (C=O) groups is 1. The maximum Gasteiger partial charge on any atom is 0.209 e. The van der Waals surface area contributed by atoms with Crippen LogP contribution in [0.1, 0.15) is 22.8 Å². The molecule has 1 heterocycles. The van der Waals surface area contributed by atoms with Crippen LogP contribution in [0.3, 0.4) is 0 Å². The molecule has 1 aromatic heterocycles. The number of Topliss-reactive ketones (excluding diaryl/α,β-unsaturated/α-hetero) is 1. The number of ether oxygens (including phenoxy) is 1. The van der Waals surface area contributed by atoms with E-state index in [2.05, 4.69) is 15.2 Å². The number of rotatable bonds is 6. The molecule has 2 aromatic carbocycles. The lowest BCUT2D eigenvalue weighted by Gasteiger charge is -2.08. The monoisotopic (exact) mass is 353 g/mol. The Morgan fingerprint density at radius 2 is 1.80 bits per heavy atom. The zero-order chi connectivity index (χ0) is 17.8. The SMILES string of the molecule is COc1ccc(C(=O)[C@H](C)Sc2n[nH]c(-c3ccc(C)cc3)n2)cc1. The maximum atomic E-state index is 12.5. The molecule has 25 heavy (non-hydrogen) atoms. The fourth-order valence-electron chi connectivity index (χ4n) is 2.34. The summed E-state index contributed by atoms with van der Waals surface area (Å²) in [6.07, 6.45) is 0. The van der Waals surface area contributed by atoms with Gasteiger partial charge in [0.2, 0.25) is 5.16 Å². The summed E-state index contributed by atoms with van der Waals surface area (Å²) in [5, 5.41) is 7.42. The van der Waals surface area contributed by atoms with E-state index in [1.54, 1.807) is 31.4 Å². The number of benzene rings is 2. The number of methoxy groups -OCH3 is 1. The predicted molar refractivity (Wildman–Crippen MR) is 99.2 cm³/mol. The molecule has 1 N–H and O–H groups in total. The van der Waals surface area contributed by atoms with Crippen LogP contribution in [-0.2, 0) is 0 Å². The molecule has 0 aliphatic rings. The topological polar surface area (TPSA) is 67.9 Å². The van der Waals surface area contributed by atoms with Gasteiger partial charge in [-0.15, -0.1) is 5.10 Å². The minimum absolute atomic E-state index is 0.0364. The number of aryl methyl sites for hydroxylation is 1. The highest BCUT2D eigenvalue weighted by atomic mass is 32.2. The summed E-state index contributed by atoms with van der Waals surface area (Å²) in [5.41, 5.74) is 2.81. The molecule has 0 saturated heterocycles. The lowest BCUT2D eigenvalue weighted by atomic mass is 10.1. The summed E-state index contributed by atoms with van der Waals surface area (Å²) in [6.45, 7) is 3.90. The van der Waals surface area contributed by atoms with E-state index in [1.165, 1.54) is 17.3 Å². The third-order valence-corrected chi connectivity index (χ3v) is 4.78. The molecule has 0 radical (unpaired) electrons. The van der Waals surface area contributed by atoms with Crippen molar-refractivity contribution in [1.82, 2.24) is 15.2 Å². The van der Waals surface area contributed by atoms with Crippen molar-refractivity contribution in [2.24, 2.45) is 0 Å². The molecule has 0 spiro atoms. The zero-order valence-corrected chi connectivity index (χ0v) is 15.1. The van der Waals surface area contributed by atoms with Crippen LogP contribution in [0.15, 0.2) is 53.7 Å². The quantitative estimate of drug-likeness (QED) is 0.532. The Balaban J connectivity index is 1.69. The normalized spacial score (nSPS) is 12.0. The van der Waals surface area contributed by atoms with Crippen LogP contribution < -0.4 is 4.74 Å². The highest BCUT2D eigenvalue weighted by Crippen LogP contribution is 2.25. The molecule has 5 nitrogen and oxygen atoms in total. The van der Waals surface area contributed by atoms with Crippen LogP contribution >= 0.6 is 11.8 Å². The van der Waals surface area contributed by atoms with Crippen molar-refractivity contribution in [2.45, 2.75) is 24.3 Å². The molecule has 1 atom stereocenters. The largest absolute Gasteiger partial charge is 0.497 e. The molecular formula is C19H19N3O2S. The number of thioether (sulfide) groups is 1. The molecule has 6 heteroatoms. The average Bonchev–Trinajstić information content (AvgIpc) is 3.10. The number of nitrogens with zero attached hydrogens (tertiary/aromatic N) is 2. The predicted octanol–water partition coefficient (Wildman–Crippen LogP) is 4.15. The summed E-state index contributed by atoms with van der Waals surface area (Å²) in [6, 6.07) is 15.2. The summed E-state index contributed by atoms with van der Waals surface area (Å²) >= 11 is 1.34. The molecule has 0 bridgehead atoms. The number of aromatic amines is 1. The third kappa shape index (κ3) is 4.09. The van der Waals surface area contributed by atoms with Gasteiger partial charge in [0.15, 0.2) is 11.6 Å². The number of hydrogen-bond acceptors (Lipinski definition) is 5. The summed E-state index contributed by atoms with van der Waals surface area (Å²) in [7, 11) is 1.60. The number of aromatic nitrogens is 3. The van der Waals surface area contributed by atoms with Gasteiger partial charge in [-0.25, -0.2) is 4.98 Å². The number of carbonyl (C=O) groups excluding carboxylic acids is 1. The van der Waals surface area contributed by atoms with Gasteiger partial charge in [0, 0.05) is 11.1 Å². The van der Waals surface area contributed by atoms with Gasteiger partial charge in [-0.1, -0.05) is 41.6 Å². The number of nitrogens with one attached hydrogen (secondary N) is 1. The molecule has 0 fully saturated rings. The van der Waals surface area contributed by atoms with Crippen molar-refractivity contribution in [3.8, 4) is 17.1 Å². The lowest BCUT2D eigenvalue weighted by molar-refractivity contribution is 0.0994. The summed E-state index contributed by atoms with van der Waals surface area (Å²) in [5.74, 6) is 1.47. The van der Waals surface area contributed by atoms with Gasteiger partial charge in [0.05, 0.1) is 12.4 Å². The second kappa shape index (κ2) is 7.53. The number of ketones is 1. The van der Waals surface area contributed by atoms with E-state index in [9.17, 15) is 4.79 Å². The van der Waals surface area contributed by atoms with Crippen molar-refractivity contribution in [3.05, 3.63) is 59.7 Å². The van der Waals surface area contributed by atoms with E-state index < -0.39 is 0 Å². The fraction of sp³-hybridized carbons (Fsp3) is 0.211. The second-order valence-electron chi connectivity index (χ2n) is 5.69. The van der Waals surface area contributed by atoms with E-state index >= 15 is 0 Å². The Bertz CT molecular complexity index is 857. The molecule has 3 rings (SSSR count). The van der Waals surface area contributed by atoms with Crippen LogP contribution in [0.5, 0.6) is 5.75 Å². The van der Waals surface area contributed by atoms with Crippen LogP contribution in [-0.4, -0.2) is 33.3 Å². The molecule has 128 valence electrons. The molecule has 0 saturated carbocycles. The van der Waals surface area contributed by atoms with Gasteiger partial charge in [-0.05, 0) is 38.1 Å². The van der Waals surface area contributed by atoms with Crippen molar-refractivity contribution in [2.75, 3.05) is 7.11 Å². The molecule has 0 unspecified atom stereocenters. The first kappa shape index (κ1) is 17.2. The Hall–Kier alpha value is -2.60. The molecule has 0 aliphatic carbocycles. The van der Waals surface area contributed by atoms with Gasteiger partial charge in [0.25, 0.3) is 0 Å². The van der Waals surface area contributed by atoms with Gasteiger partial charge in [0.1, 0.15) is 5.75 Å². The van der Waals surface area contributed by atoms with Gasteiger partial charge < -0.3 is 4.74 Å². The van der Waals surface area contributed by atoms with Crippen LogP contribution in [0.2, 0.25) is 0 Å². The number of H-pyrrole nitrogens is 1. The molecule has 3 aromatic rings.